The van der Waals surface area contributed by atoms with E-state index < -0.39 is 6.29 Å². The largest absolute Gasteiger partial charge is 0.425 e. The molecule has 19 heavy (non-hydrogen) atoms. The monoisotopic (exact) mass is 273 g/mol. The average molecular weight is 273 g/mol. The van der Waals surface area contributed by atoms with Gasteiger partial charge in [-0.15, -0.1) is 0 Å². The lowest BCUT2D eigenvalue weighted by atomic mass is 9.98. The van der Waals surface area contributed by atoms with Gasteiger partial charge in [0, 0.05) is 6.92 Å². The second-order valence-corrected chi connectivity index (χ2v) is 5.39. The highest BCUT2D eigenvalue weighted by Gasteiger charge is 2.29. The quantitative estimate of drug-likeness (QED) is 0.525. The summed E-state index contributed by atoms with van der Waals surface area (Å²) in [7, 11) is 3.67. The van der Waals surface area contributed by atoms with Crippen LogP contribution in [-0.2, 0) is 19.1 Å². The highest BCUT2D eigenvalue weighted by Crippen LogP contribution is 2.15. The van der Waals surface area contributed by atoms with Gasteiger partial charge in [-0.1, -0.05) is 34.1 Å². The van der Waals surface area contributed by atoms with Crippen molar-refractivity contribution >= 4 is 11.9 Å². The molecule has 0 aromatic carbocycles. The Kier molecular flexibility index (Phi) is 7.68. The Labute approximate surface area is 116 Å². The van der Waals surface area contributed by atoms with E-state index in [0.717, 1.165) is 6.42 Å². The van der Waals surface area contributed by atoms with Gasteiger partial charge >= 0.3 is 11.9 Å². The van der Waals surface area contributed by atoms with Crippen molar-refractivity contribution < 1.29 is 19.1 Å². The highest BCUT2D eigenvalue weighted by molar-refractivity contribution is 5.76. The molecule has 112 valence electrons. The zero-order valence-electron chi connectivity index (χ0n) is 13.1. The van der Waals surface area contributed by atoms with E-state index in [0.29, 0.717) is 0 Å². The van der Waals surface area contributed by atoms with E-state index in [2.05, 4.69) is 0 Å². The zero-order valence-corrected chi connectivity index (χ0v) is 13.1. The van der Waals surface area contributed by atoms with Crippen molar-refractivity contribution in [2.45, 2.75) is 53.4 Å². The fourth-order valence-electron chi connectivity index (χ4n) is 1.73. The lowest BCUT2D eigenvalue weighted by Gasteiger charge is -2.28. The van der Waals surface area contributed by atoms with E-state index in [1.165, 1.54) is 0 Å². The molecule has 0 aliphatic heterocycles. The molecule has 0 aliphatic carbocycles. The van der Waals surface area contributed by atoms with Crippen LogP contribution < -0.4 is 0 Å². The van der Waals surface area contributed by atoms with Crippen LogP contribution in [0, 0.1) is 11.8 Å². The van der Waals surface area contributed by atoms with Crippen molar-refractivity contribution in [3.05, 3.63) is 0 Å². The van der Waals surface area contributed by atoms with Crippen molar-refractivity contribution in [3.63, 3.8) is 0 Å². The van der Waals surface area contributed by atoms with Crippen LogP contribution in [0.5, 0.6) is 0 Å². The number of carbonyl (C=O) groups is 2. The summed E-state index contributed by atoms with van der Waals surface area (Å²) >= 11 is 0. The Morgan fingerprint density at radius 2 is 1.47 bits per heavy atom. The molecule has 0 amide bonds. The first-order valence-corrected chi connectivity index (χ1v) is 6.78. The fraction of sp³-hybridized carbons (Fsp3) is 0.857. The predicted octanol–water partition coefficient (Wildman–Crippen LogP) is 2.05. The number of likely N-dealkylation sites (N-methyl/N-ethyl adjacent to an activating group) is 1. The first-order valence-electron chi connectivity index (χ1n) is 6.78. The summed E-state index contributed by atoms with van der Waals surface area (Å²) in [5.41, 5.74) is 0. The van der Waals surface area contributed by atoms with Gasteiger partial charge in [0.2, 0.25) is 6.29 Å². The molecule has 0 spiro atoms. The van der Waals surface area contributed by atoms with Crippen LogP contribution in [0.3, 0.4) is 0 Å². The molecule has 0 fully saturated rings. The standard InChI is InChI=1S/C14H27NO4/c1-8-10(4)12(15(6)7)14(17)19-11(5)18-13(16)9(2)3/h9-12H,8H2,1-7H3/t10-,11?,12-/m1/s1. The van der Waals surface area contributed by atoms with Crippen LogP contribution >= 0.6 is 0 Å². The second-order valence-electron chi connectivity index (χ2n) is 5.39. The Morgan fingerprint density at radius 3 is 1.84 bits per heavy atom. The maximum absolute atomic E-state index is 12.1. The third-order valence-electron chi connectivity index (χ3n) is 3.02. The Bertz CT molecular complexity index is 302. The van der Waals surface area contributed by atoms with Crippen LogP contribution in [-0.4, -0.2) is 43.3 Å². The van der Waals surface area contributed by atoms with Crippen molar-refractivity contribution in [1.29, 1.82) is 0 Å². The van der Waals surface area contributed by atoms with Crippen molar-refractivity contribution in [2.75, 3.05) is 14.1 Å². The van der Waals surface area contributed by atoms with Crippen LogP contribution in [0.25, 0.3) is 0 Å². The normalized spacial score (nSPS) is 16.1. The number of rotatable bonds is 7. The summed E-state index contributed by atoms with van der Waals surface area (Å²) in [5, 5.41) is 0. The summed E-state index contributed by atoms with van der Waals surface area (Å²) in [6.07, 6.45) is 0.0203. The summed E-state index contributed by atoms with van der Waals surface area (Å²) in [6, 6.07) is -0.329. The van der Waals surface area contributed by atoms with Crippen molar-refractivity contribution in [2.24, 2.45) is 11.8 Å². The van der Waals surface area contributed by atoms with E-state index >= 15 is 0 Å². The lowest BCUT2D eigenvalue weighted by molar-refractivity contribution is -0.190. The number of esters is 2. The third kappa shape index (κ3) is 6.05. The molecular weight excluding hydrogens is 246 g/mol. The molecule has 0 bridgehead atoms. The molecule has 0 aromatic rings. The number of carbonyl (C=O) groups excluding carboxylic acids is 2. The topological polar surface area (TPSA) is 55.8 Å². The zero-order chi connectivity index (χ0) is 15.2. The molecule has 5 heteroatoms. The molecule has 0 heterocycles. The molecule has 5 nitrogen and oxygen atoms in total. The van der Waals surface area contributed by atoms with Gasteiger partial charge in [-0.3, -0.25) is 14.5 Å². The first-order chi connectivity index (χ1) is 8.70. The summed E-state index contributed by atoms with van der Waals surface area (Å²) in [5.74, 6) is -0.787. The number of nitrogens with zero attached hydrogens (tertiary/aromatic N) is 1. The van der Waals surface area contributed by atoms with E-state index in [1.807, 2.05) is 32.8 Å². The number of hydrogen-bond donors (Lipinski definition) is 0. The van der Waals surface area contributed by atoms with Gasteiger partial charge in [0.1, 0.15) is 6.04 Å². The maximum Gasteiger partial charge on any atom is 0.326 e. The molecular formula is C14H27NO4. The first kappa shape index (κ1) is 17.9. The van der Waals surface area contributed by atoms with Gasteiger partial charge in [-0.05, 0) is 20.0 Å². The van der Waals surface area contributed by atoms with Crippen LogP contribution in [0.4, 0.5) is 0 Å². The van der Waals surface area contributed by atoms with E-state index in [4.69, 9.17) is 9.47 Å². The van der Waals surface area contributed by atoms with Crippen molar-refractivity contribution in [3.8, 4) is 0 Å². The number of hydrogen-bond acceptors (Lipinski definition) is 5. The number of ether oxygens (including phenoxy) is 2. The minimum Gasteiger partial charge on any atom is -0.425 e. The Morgan fingerprint density at radius 1 is 1.00 bits per heavy atom. The van der Waals surface area contributed by atoms with E-state index in [1.54, 1.807) is 20.8 Å². The van der Waals surface area contributed by atoms with Gasteiger partial charge in [-0.25, -0.2) is 0 Å². The molecule has 3 atom stereocenters. The average Bonchev–Trinajstić information content (AvgIpc) is 2.27. The molecule has 0 N–H and O–H groups in total. The highest BCUT2D eigenvalue weighted by atomic mass is 16.7. The maximum atomic E-state index is 12.1. The third-order valence-corrected chi connectivity index (χ3v) is 3.02. The second kappa shape index (κ2) is 8.15. The van der Waals surface area contributed by atoms with Crippen molar-refractivity contribution in [1.82, 2.24) is 4.90 Å². The van der Waals surface area contributed by atoms with Crippen LogP contribution in [0.2, 0.25) is 0 Å². The minimum absolute atomic E-state index is 0.176. The van der Waals surface area contributed by atoms with Gasteiger partial charge in [0.05, 0.1) is 5.92 Å². The van der Waals surface area contributed by atoms with Gasteiger partial charge in [0.25, 0.3) is 0 Å². The van der Waals surface area contributed by atoms with Gasteiger partial charge in [-0.2, -0.15) is 0 Å². The summed E-state index contributed by atoms with van der Waals surface area (Å²) in [6.45, 7) is 9.05. The summed E-state index contributed by atoms with van der Waals surface area (Å²) < 4.78 is 10.2. The molecule has 0 aliphatic rings. The van der Waals surface area contributed by atoms with Crippen LogP contribution in [0.1, 0.15) is 41.0 Å². The molecule has 0 saturated heterocycles. The van der Waals surface area contributed by atoms with Crippen LogP contribution in [0.15, 0.2) is 0 Å². The molecule has 1 unspecified atom stereocenters. The summed E-state index contributed by atoms with van der Waals surface area (Å²) in [4.78, 5) is 25.3. The van der Waals surface area contributed by atoms with E-state index in [9.17, 15) is 9.59 Å². The smallest absolute Gasteiger partial charge is 0.326 e. The fourth-order valence-corrected chi connectivity index (χ4v) is 1.73. The minimum atomic E-state index is -0.853. The predicted molar refractivity (Wildman–Crippen MR) is 73.4 cm³/mol. The lowest BCUT2D eigenvalue weighted by Crippen LogP contribution is -2.43. The molecule has 0 saturated carbocycles. The molecule has 0 radical (unpaired) electrons. The molecule has 0 aromatic heterocycles. The SMILES string of the molecule is CC[C@@H](C)[C@H](C(=O)OC(C)OC(=O)C(C)C)N(C)C. The van der Waals surface area contributed by atoms with Gasteiger partial charge in [0.15, 0.2) is 0 Å². The Balaban J connectivity index is 4.52. The molecule has 0 rings (SSSR count). The van der Waals surface area contributed by atoms with Gasteiger partial charge < -0.3 is 9.47 Å². The van der Waals surface area contributed by atoms with E-state index in [-0.39, 0.29) is 29.8 Å². The Hall–Kier alpha value is -1.10.